The first-order valence-corrected chi connectivity index (χ1v) is 7.16. The van der Waals surface area contributed by atoms with E-state index in [9.17, 15) is 0 Å². The van der Waals surface area contributed by atoms with E-state index in [4.69, 9.17) is 46.4 Å². The molecule has 2 aromatic carbocycles. The molecule has 2 rings (SSSR count). The van der Waals surface area contributed by atoms with Gasteiger partial charge in [-0.3, -0.25) is 0 Å². The molecule has 0 fully saturated rings. The van der Waals surface area contributed by atoms with Crippen LogP contribution < -0.4 is 5.32 Å². The van der Waals surface area contributed by atoms with Crippen LogP contribution in [0.3, 0.4) is 0 Å². The van der Waals surface area contributed by atoms with E-state index in [2.05, 4.69) is 5.32 Å². The molecule has 0 saturated carbocycles. The molecule has 1 N–H and O–H groups in total. The van der Waals surface area contributed by atoms with Crippen LogP contribution in [0.5, 0.6) is 0 Å². The van der Waals surface area contributed by atoms with Crippen LogP contribution in [0.4, 0.5) is 5.69 Å². The monoisotopic (exact) mass is 333 g/mol. The van der Waals surface area contributed by atoms with Gasteiger partial charge in [0.2, 0.25) is 0 Å². The van der Waals surface area contributed by atoms with Crippen molar-refractivity contribution in [2.45, 2.75) is 13.0 Å². The SMILES string of the molecule is CC(Nc1ccccc1Cl)c1ccc(Cl)c(Cl)c1Cl. The molecule has 1 unspecified atom stereocenters. The Morgan fingerprint density at radius 3 is 2.21 bits per heavy atom. The highest BCUT2D eigenvalue weighted by atomic mass is 35.5. The van der Waals surface area contributed by atoms with Gasteiger partial charge in [0.05, 0.1) is 31.8 Å². The minimum absolute atomic E-state index is 0.0397. The number of anilines is 1. The Hall–Kier alpha value is -0.600. The van der Waals surface area contributed by atoms with Crippen LogP contribution in [0.15, 0.2) is 36.4 Å². The summed E-state index contributed by atoms with van der Waals surface area (Å²) in [5.74, 6) is 0. The minimum Gasteiger partial charge on any atom is -0.377 e. The molecule has 2 aromatic rings. The fraction of sp³-hybridized carbons (Fsp3) is 0.143. The Kier molecular flexibility index (Phi) is 4.86. The lowest BCUT2D eigenvalue weighted by Gasteiger charge is -2.18. The Bertz CT molecular complexity index is 598. The van der Waals surface area contributed by atoms with E-state index in [-0.39, 0.29) is 6.04 Å². The second-order valence-electron chi connectivity index (χ2n) is 4.11. The largest absolute Gasteiger partial charge is 0.377 e. The molecule has 1 nitrogen and oxygen atoms in total. The first kappa shape index (κ1) is 14.8. The number of benzene rings is 2. The highest BCUT2D eigenvalue weighted by Crippen LogP contribution is 2.36. The number of para-hydroxylation sites is 1. The van der Waals surface area contributed by atoms with Gasteiger partial charge in [-0.1, -0.05) is 64.6 Å². The predicted octanol–water partition coefficient (Wildman–Crippen LogP) is 6.47. The molecule has 0 radical (unpaired) electrons. The summed E-state index contributed by atoms with van der Waals surface area (Å²) in [5.41, 5.74) is 1.72. The van der Waals surface area contributed by atoms with Crippen molar-refractivity contribution in [2.24, 2.45) is 0 Å². The summed E-state index contributed by atoms with van der Waals surface area (Å²) in [6.45, 7) is 1.98. The van der Waals surface area contributed by atoms with Crippen molar-refractivity contribution in [1.29, 1.82) is 0 Å². The van der Waals surface area contributed by atoms with Crippen molar-refractivity contribution in [3.8, 4) is 0 Å². The van der Waals surface area contributed by atoms with Gasteiger partial charge >= 0.3 is 0 Å². The van der Waals surface area contributed by atoms with Crippen LogP contribution in [0.1, 0.15) is 18.5 Å². The molecule has 0 aliphatic carbocycles. The van der Waals surface area contributed by atoms with Crippen LogP contribution in [0, 0.1) is 0 Å². The summed E-state index contributed by atoms with van der Waals surface area (Å²) in [6.07, 6.45) is 0. The second kappa shape index (κ2) is 6.23. The van der Waals surface area contributed by atoms with E-state index >= 15 is 0 Å². The summed E-state index contributed by atoms with van der Waals surface area (Å²) < 4.78 is 0. The lowest BCUT2D eigenvalue weighted by Crippen LogP contribution is -2.07. The van der Waals surface area contributed by atoms with Gasteiger partial charge < -0.3 is 5.32 Å². The van der Waals surface area contributed by atoms with E-state index in [0.717, 1.165) is 11.3 Å². The summed E-state index contributed by atoms with van der Waals surface area (Å²) in [5, 5.41) is 5.23. The molecule has 0 aliphatic rings. The molecule has 0 spiro atoms. The number of halogens is 4. The maximum atomic E-state index is 6.21. The molecule has 0 aliphatic heterocycles. The van der Waals surface area contributed by atoms with Crippen LogP contribution >= 0.6 is 46.4 Å². The summed E-state index contributed by atoms with van der Waals surface area (Å²) >= 11 is 24.3. The van der Waals surface area contributed by atoms with Gasteiger partial charge in [-0.25, -0.2) is 0 Å². The van der Waals surface area contributed by atoms with Crippen LogP contribution in [0.2, 0.25) is 20.1 Å². The number of nitrogens with one attached hydrogen (secondary N) is 1. The van der Waals surface area contributed by atoms with E-state index in [1.165, 1.54) is 0 Å². The minimum atomic E-state index is -0.0397. The first-order chi connectivity index (χ1) is 9.00. The zero-order valence-electron chi connectivity index (χ0n) is 10.1. The van der Waals surface area contributed by atoms with Gasteiger partial charge in [-0.15, -0.1) is 0 Å². The molecule has 5 heteroatoms. The molecule has 0 saturated heterocycles. The van der Waals surface area contributed by atoms with E-state index in [0.29, 0.717) is 20.1 Å². The van der Waals surface area contributed by atoms with Gasteiger partial charge in [0, 0.05) is 0 Å². The molecule has 0 heterocycles. The Labute approximate surface area is 132 Å². The Morgan fingerprint density at radius 1 is 0.842 bits per heavy atom. The molecule has 0 bridgehead atoms. The van der Waals surface area contributed by atoms with Gasteiger partial charge in [-0.05, 0) is 30.7 Å². The van der Waals surface area contributed by atoms with Gasteiger partial charge in [0.25, 0.3) is 0 Å². The molecule has 1 atom stereocenters. The van der Waals surface area contributed by atoms with Crippen molar-refractivity contribution in [3.63, 3.8) is 0 Å². The standard InChI is InChI=1S/C14H11Cl4N/c1-8(19-12-5-3-2-4-10(12)15)9-6-7-11(16)14(18)13(9)17/h2-8,19H,1H3. The average molecular weight is 335 g/mol. The van der Waals surface area contributed by atoms with Gasteiger partial charge in [-0.2, -0.15) is 0 Å². The van der Waals surface area contributed by atoms with Crippen LogP contribution in [-0.4, -0.2) is 0 Å². The van der Waals surface area contributed by atoms with Crippen molar-refractivity contribution in [3.05, 3.63) is 62.1 Å². The molecule has 0 aromatic heterocycles. The number of hydrogen-bond acceptors (Lipinski definition) is 1. The fourth-order valence-electron chi connectivity index (χ4n) is 1.76. The molecule has 19 heavy (non-hydrogen) atoms. The van der Waals surface area contributed by atoms with Crippen LogP contribution in [0.25, 0.3) is 0 Å². The van der Waals surface area contributed by atoms with Gasteiger partial charge in [0.1, 0.15) is 0 Å². The Morgan fingerprint density at radius 2 is 1.53 bits per heavy atom. The topological polar surface area (TPSA) is 12.0 Å². The second-order valence-corrected chi connectivity index (χ2v) is 5.68. The zero-order valence-corrected chi connectivity index (χ0v) is 13.1. The fourth-order valence-corrected chi connectivity index (χ4v) is 2.66. The van der Waals surface area contributed by atoms with Gasteiger partial charge in [0.15, 0.2) is 0 Å². The quantitative estimate of drug-likeness (QED) is 0.634. The molecular formula is C14H11Cl4N. The predicted molar refractivity (Wildman–Crippen MR) is 85.0 cm³/mol. The smallest absolute Gasteiger partial charge is 0.0782 e. The van der Waals surface area contributed by atoms with E-state index in [1.807, 2.05) is 37.3 Å². The summed E-state index contributed by atoms with van der Waals surface area (Å²) in [6, 6.07) is 11.1. The third-order valence-electron chi connectivity index (χ3n) is 2.78. The summed E-state index contributed by atoms with van der Waals surface area (Å²) in [4.78, 5) is 0. The third kappa shape index (κ3) is 3.29. The lowest BCUT2D eigenvalue weighted by molar-refractivity contribution is 0.885. The first-order valence-electron chi connectivity index (χ1n) is 5.65. The van der Waals surface area contributed by atoms with Crippen molar-refractivity contribution < 1.29 is 0 Å². The lowest BCUT2D eigenvalue weighted by atomic mass is 10.1. The molecule has 100 valence electrons. The third-order valence-corrected chi connectivity index (χ3v) is 4.42. The van der Waals surface area contributed by atoms with Crippen molar-refractivity contribution in [1.82, 2.24) is 0 Å². The number of hydrogen-bond donors (Lipinski definition) is 1. The highest BCUT2D eigenvalue weighted by molar-refractivity contribution is 6.48. The number of rotatable bonds is 3. The van der Waals surface area contributed by atoms with Crippen molar-refractivity contribution >= 4 is 52.1 Å². The average Bonchev–Trinajstić information content (AvgIpc) is 2.39. The molecule has 0 amide bonds. The maximum Gasteiger partial charge on any atom is 0.0782 e. The zero-order chi connectivity index (χ0) is 14.0. The van der Waals surface area contributed by atoms with Crippen LogP contribution in [-0.2, 0) is 0 Å². The summed E-state index contributed by atoms with van der Waals surface area (Å²) in [7, 11) is 0. The van der Waals surface area contributed by atoms with Crippen molar-refractivity contribution in [2.75, 3.05) is 5.32 Å². The highest BCUT2D eigenvalue weighted by Gasteiger charge is 2.15. The molecular weight excluding hydrogens is 324 g/mol. The Balaban J connectivity index is 2.28. The van der Waals surface area contributed by atoms with E-state index in [1.54, 1.807) is 6.07 Å². The normalized spacial score (nSPS) is 12.3. The van der Waals surface area contributed by atoms with E-state index < -0.39 is 0 Å². The maximum absolute atomic E-state index is 6.21.